The molecule has 0 amide bonds. The molecule has 2 heterocycles. The fraction of sp³-hybridized carbons (Fsp3) is 0.417. The van der Waals surface area contributed by atoms with E-state index in [1.54, 1.807) is 24.9 Å². The van der Waals surface area contributed by atoms with Gasteiger partial charge in [-0.05, 0) is 6.92 Å². The average Bonchev–Trinajstić information content (AvgIpc) is 3.03. The molecule has 0 aliphatic carbocycles. The highest BCUT2D eigenvalue weighted by Gasteiger charge is 2.15. The lowest BCUT2D eigenvalue weighted by atomic mass is 10.4. The number of rotatable bonds is 6. The second-order valence-electron chi connectivity index (χ2n) is 4.04. The lowest BCUT2D eigenvalue weighted by Gasteiger charge is -1.99. The van der Waals surface area contributed by atoms with Crippen LogP contribution in [0.25, 0.3) is 0 Å². The lowest BCUT2D eigenvalue weighted by Crippen LogP contribution is -2.03. The highest BCUT2D eigenvalue weighted by Crippen LogP contribution is 2.26. The first-order chi connectivity index (χ1) is 9.63. The number of nitrogens with one attached hydrogen (secondary N) is 1. The van der Waals surface area contributed by atoms with E-state index in [0.29, 0.717) is 28.9 Å². The first-order valence-corrected chi connectivity index (χ1v) is 6.80. The van der Waals surface area contributed by atoms with E-state index in [1.807, 2.05) is 6.20 Å². The molecule has 1 N–H and O–H groups in total. The van der Waals surface area contributed by atoms with Crippen LogP contribution >= 0.6 is 11.3 Å². The monoisotopic (exact) mass is 296 g/mol. The largest absolute Gasteiger partial charge is 0.465 e. The molecule has 0 saturated heterocycles. The van der Waals surface area contributed by atoms with E-state index in [-0.39, 0.29) is 5.97 Å². The highest BCUT2D eigenvalue weighted by molar-refractivity contribution is 7.17. The summed E-state index contributed by atoms with van der Waals surface area (Å²) in [6.45, 7) is 3.06. The summed E-state index contributed by atoms with van der Waals surface area (Å²) in [5, 5.41) is 7.94. The van der Waals surface area contributed by atoms with E-state index in [1.165, 1.54) is 18.4 Å². The van der Waals surface area contributed by atoms with Gasteiger partial charge in [-0.15, -0.1) is 0 Å². The van der Waals surface area contributed by atoms with Gasteiger partial charge in [0.25, 0.3) is 0 Å². The van der Waals surface area contributed by atoms with Crippen molar-refractivity contribution in [1.82, 2.24) is 14.8 Å². The summed E-state index contributed by atoms with van der Waals surface area (Å²) in [6.07, 6.45) is 3.55. The van der Waals surface area contributed by atoms with Crippen LogP contribution in [0.4, 0.5) is 10.8 Å². The Morgan fingerprint density at radius 3 is 3.00 bits per heavy atom. The molecule has 20 heavy (non-hydrogen) atoms. The number of methoxy groups -OCH3 is 2. The van der Waals surface area contributed by atoms with Crippen molar-refractivity contribution in [2.24, 2.45) is 0 Å². The molecule has 0 aromatic carbocycles. The van der Waals surface area contributed by atoms with Crippen molar-refractivity contribution >= 4 is 28.1 Å². The van der Waals surface area contributed by atoms with Gasteiger partial charge in [0.05, 0.1) is 37.8 Å². The molecule has 0 fully saturated rings. The number of aromatic nitrogens is 3. The number of esters is 1. The first kappa shape index (κ1) is 14.5. The molecule has 0 spiro atoms. The molecule has 108 valence electrons. The van der Waals surface area contributed by atoms with Gasteiger partial charge in [0.1, 0.15) is 4.88 Å². The molecule has 7 nitrogen and oxygen atoms in total. The maximum absolute atomic E-state index is 11.5. The smallest absolute Gasteiger partial charge is 0.350 e. The van der Waals surface area contributed by atoms with E-state index in [2.05, 4.69) is 15.4 Å². The minimum atomic E-state index is -0.371. The standard InChI is InChI=1S/C12H16N4O3S/c1-8-10(11(17)19-3)20-12(14-8)15-9-6-13-16(7-9)4-5-18-2/h6-7H,4-5H2,1-3H3,(H,14,15). The van der Waals surface area contributed by atoms with Gasteiger partial charge in [0.15, 0.2) is 5.13 Å². The van der Waals surface area contributed by atoms with Crippen LogP contribution in [0.3, 0.4) is 0 Å². The second-order valence-corrected chi connectivity index (χ2v) is 5.03. The molecule has 0 unspecified atom stereocenters. The second kappa shape index (κ2) is 6.49. The van der Waals surface area contributed by atoms with Crippen LogP contribution in [0.5, 0.6) is 0 Å². The molecule has 2 aromatic rings. The number of carbonyl (C=O) groups is 1. The number of ether oxygens (including phenoxy) is 2. The SMILES string of the molecule is COCCn1cc(Nc2nc(C)c(C(=O)OC)s2)cn1. The highest BCUT2D eigenvalue weighted by atomic mass is 32.1. The third-order valence-electron chi connectivity index (χ3n) is 2.58. The molecule has 0 aliphatic rings. The predicted octanol–water partition coefficient (Wildman–Crippen LogP) is 1.82. The van der Waals surface area contributed by atoms with Crippen LogP contribution in [0.15, 0.2) is 12.4 Å². The van der Waals surface area contributed by atoms with Crippen molar-refractivity contribution in [2.45, 2.75) is 13.5 Å². The predicted molar refractivity (Wildman–Crippen MR) is 75.6 cm³/mol. The zero-order valence-corrected chi connectivity index (χ0v) is 12.4. The number of nitrogens with zero attached hydrogens (tertiary/aromatic N) is 3. The third kappa shape index (κ3) is 3.34. The number of anilines is 2. The maximum Gasteiger partial charge on any atom is 0.350 e. The van der Waals surface area contributed by atoms with E-state index in [0.717, 1.165) is 5.69 Å². The van der Waals surface area contributed by atoms with Crippen molar-refractivity contribution in [2.75, 3.05) is 26.1 Å². The fourth-order valence-corrected chi connectivity index (χ4v) is 2.50. The Labute approximate surface area is 120 Å². The topological polar surface area (TPSA) is 78.3 Å². The zero-order valence-electron chi connectivity index (χ0n) is 11.5. The van der Waals surface area contributed by atoms with Gasteiger partial charge in [-0.1, -0.05) is 11.3 Å². The average molecular weight is 296 g/mol. The van der Waals surface area contributed by atoms with Crippen molar-refractivity contribution < 1.29 is 14.3 Å². The molecular formula is C12H16N4O3S. The number of carbonyl (C=O) groups excluding carboxylic acids is 1. The summed E-state index contributed by atoms with van der Waals surface area (Å²) >= 11 is 1.26. The van der Waals surface area contributed by atoms with Crippen molar-refractivity contribution in [1.29, 1.82) is 0 Å². The molecule has 8 heteroatoms. The molecule has 0 saturated carbocycles. The van der Waals surface area contributed by atoms with Crippen LogP contribution in [-0.4, -0.2) is 41.6 Å². The van der Waals surface area contributed by atoms with E-state index < -0.39 is 0 Å². The van der Waals surface area contributed by atoms with Crippen LogP contribution in [0.1, 0.15) is 15.4 Å². The van der Waals surface area contributed by atoms with Crippen LogP contribution in [0.2, 0.25) is 0 Å². The van der Waals surface area contributed by atoms with Crippen molar-refractivity contribution in [3.05, 3.63) is 23.0 Å². The van der Waals surface area contributed by atoms with Crippen LogP contribution in [-0.2, 0) is 16.0 Å². The number of hydrogen-bond acceptors (Lipinski definition) is 7. The molecule has 2 rings (SSSR count). The quantitative estimate of drug-likeness (QED) is 0.819. The Bertz CT molecular complexity index is 593. The third-order valence-corrected chi connectivity index (χ3v) is 3.63. The van der Waals surface area contributed by atoms with Gasteiger partial charge in [0.2, 0.25) is 0 Å². The summed E-state index contributed by atoms with van der Waals surface area (Å²) in [5.41, 5.74) is 1.46. The molecular weight excluding hydrogens is 280 g/mol. The van der Waals surface area contributed by atoms with Gasteiger partial charge in [0, 0.05) is 13.3 Å². The first-order valence-electron chi connectivity index (χ1n) is 5.98. The Morgan fingerprint density at radius 1 is 1.50 bits per heavy atom. The van der Waals surface area contributed by atoms with Gasteiger partial charge in [-0.2, -0.15) is 5.10 Å². The lowest BCUT2D eigenvalue weighted by molar-refractivity contribution is 0.0605. The van der Waals surface area contributed by atoms with Gasteiger partial charge < -0.3 is 14.8 Å². The summed E-state index contributed by atoms with van der Waals surface area (Å²) in [7, 11) is 3.00. The molecule has 0 radical (unpaired) electrons. The van der Waals surface area contributed by atoms with Gasteiger partial charge in [-0.3, -0.25) is 4.68 Å². The molecule has 2 aromatic heterocycles. The molecule has 0 atom stereocenters. The van der Waals surface area contributed by atoms with Gasteiger partial charge in [-0.25, -0.2) is 9.78 Å². The number of aryl methyl sites for hydroxylation is 1. The Hall–Kier alpha value is -1.93. The minimum Gasteiger partial charge on any atom is -0.465 e. The van der Waals surface area contributed by atoms with E-state index >= 15 is 0 Å². The molecule has 0 bridgehead atoms. The Balaban J connectivity index is 2.06. The molecule has 0 aliphatic heterocycles. The van der Waals surface area contributed by atoms with Crippen LogP contribution < -0.4 is 5.32 Å². The minimum absolute atomic E-state index is 0.371. The summed E-state index contributed by atoms with van der Waals surface area (Å²) in [4.78, 5) is 16.3. The Kier molecular flexibility index (Phi) is 4.70. The van der Waals surface area contributed by atoms with Crippen molar-refractivity contribution in [3.8, 4) is 0 Å². The Morgan fingerprint density at radius 2 is 2.30 bits per heavy atom. The summed E-state index contributed by atoms with van der Waals surface area (Å²) in [6, 6.07) is 0. The maximum atomic E-state index is 11.5. The van der Waals surface area contributed by atoms with Gasteiger partial charge >= 0.3 is 5.97 Å². The van der Waals surface area contributed by atoms with E-state index in [9.17, 15) is 4.79 Å². The summed E-state index contributed by atoms with van der Waals surface area (Å²) < 4.78 is 11.5. The number of hydrogen-bond donors (Lipinski definition) is 1. The summed E-state index contributed by atoms with van der Waals surface area (Å²) in [5.74, 6) is -0.371. The van der Waals surface area contributed by atoms with Crippen molar-refractivity contribution in [3.63, 3.8) is 0 Å². The normalized spacial score (nSPS) is 10.6. The van der Waals surface area contributed by atoms with Crippen LogP contribution in [0, 0.1) is 6.92 Å². The zero-order chi connectivity index (χ0) is 14.5. The fourth-order valence-electron chi connectivity index (χ4n) is 1.59. The number of thiazole rings is 1. The van der Waals surface area contributed by atoms with E-state index in [4.69, 9.17) is 9.47 Å².